The number of hydrogen-bond acceptors (Lipinski definition) is 6. The van der Waals surface area contributed by atoms with E-state index >= 15 is 0 Å². The van der Waals surface area contributed by atoms with Gasteiger partial charge in [0.25, 0.3) is 0 Å². The summed E-state index contributed by atoms with van der Waals surface area (Å²) in [5.74, 6) is 0.749. The van der Waals surface area contributed by atoms with Gasteiger partial charge in [0.05, 0.1) is 5.56 Å². The lowest BCUT2D eigenvalue weighted by molar-refractivity contribution is 0.0734. The Labute approximate surface area is 130 Å². The van der Waals surface area contributed by atoms with Crippen molar-refractivity contribution in [1.29, 1.82) is 0 Å². The van der Waals surface area contributed by atoms with Crippen molar-refractivity contribution in [2.75, 3.05) is 0 Å². The van der Waals surface area contributed by atoms with E-state index in [4.69, 9.17) is 20.9 Å². The number of hydrogen-bond donors (Lipinski definition) is 0. The van der Waals surface area contributed by atoms with E-state index in [1.807, 2.05) is 0 Å². The molecule has 0 saturated heterocycles. The van der Waals surface area contributed by atoms with Crippen molar-refractivity contribution < 1.29 is 14.1 Å². The van der Waals surface area contributed by atoms with Crippen LogP contribution in [0.4, 0.5) is 0 Å². The van der Waals surface area contributed by atoms with Crippen molar-refractivity contribution in [2.24, 2.45) is 0 Å². The summed E-state index contributed by atoms with van der Waals surface area (Å²) in [6.07, 6.45) is 1.36. The first-order chi connectivity index (χ1) is 10.6. The van der Waals surface area contributed by atoms with Crippen LogP contribution >= 0.6 is 11.6 Å². The molecule has 6 nitrogen and oxygen atoms in total. The van der Waals surface area contributed by atoms with Crippen molar-refractivity contribution in [3.05, 3.63) is 59.2 Å². The number of benzene rings is 1. The van der Waals surface area contributed by atoms with E-state index in [1.165, 1.54) is 12.3 Å². The lowest BCUT2D eigenvalue weighted by Crippen LogP contribution is -2.08. The van der Waals surface area contributed by atoms with Gasteiger partial charge in [-0.1, -0.05) is 28.9 Å². The molecule has 0 aliphatic rings. The van der Waals surface area contributed by atoms with Crippen LogP contribution in [0.5, 0.6) is 5.75 Å². The van der Waals surface area contributed by atoms with E-state index in [0.717, 1.165) is 0 Å². The summed E-state index contributed by atoms with van der Waals surface area (Å²) in [5, 5.41) is 4.13. The largest absolute Gasteiger partial charge is 0.423 e. The second-order valence-electron chi connectivity index (χ2n) is 4.42. The third-order valence-electron chi connectivity index (χ3n) is 2.79. The Hall–Kier alpha value is -2.73. The Morgan fingerprint density at radius 3 is 2.82 bits per heavy atom. The molecule has 0 aliphatic heterocycles. The van der Waals surface area contributed by atoms with Crippen molar-refractivity contribution in [3.63, 3.8) is 0 Å². The van der Waals surface area contributed by atoms with Gasteiger partial charge < -0.3 is 9.26 Å². The number of aryl methyl sites for hydroxylation is 1. The molecule has 0 saturated carbocycles. The summed E-state index contributed by atoms with van der Waals surface area (Å²) >= 11 is 5.68. The van der Waals surface area contributed by atoms with E-state index in [1.54, 1.807) is 37.3 Å². The molecule has 0 aliphatic carbocycles. The number of esters is 1. The Morgan fingerprint density at radius 1 is 1.27 bits per heavy atom. The van der Waals surface area contributed by atoms with Gasteiger partial charge in [-0.3, -0.25) is 0 Å². The molecule has 110 valence electrons. The molecule has 0 atom stereocenters. The van der Waals surface area contributed by atoms with Crippen molar-refractivity contribution in [3.8, 4) is 17.1 Å². The molecule has 2 heterocycles. The summed E-state index contributed by atoms with van der Waals surface area (Å²) in [5.41, 5.74) is 1.00. The molecular formula is C15H10ClN3O3. The predicted octanol–water partition coefficient (Wildman–Crippen LogP) is 3.31. The van der Waals surface area contributed by atoms with E-state index < -0.39 is 5.97 Å². The monoisotopic (exact) mass is 315 g/mol. The SMILES string of the molecule is Cc1nc(-c2cccc(OC(=O)c3ccc(Cl)nc3)c2)no1. The number of rotatable bonds is 3. The fourth-order valence-corrected chi connectivity index (χ4v) is 1.89. The molecule has 0 fully saturated rings. The number of aromatic nitrogens is 3. The highest BCUT2D eigenvalue weighted by Crippen LogP contribution is 2.22. The fraction of sp³-hybridized carbons (Fsp3) is 0.0667. The maximum atomic E-state index is 12.0. The van der Waals surface area contributed by atoms with Crippen LogP contribution < -0.4 is 4.74 Å². The Morgan fingerprint density at radius 2 is 2.14 bits per heavy atom. The van der Waals surface area contributed by atoms with Gasteiger partial charge in [0.1, 0.15) is 10.9 Å². The number of carbonyl (C=O) groups is 1. The molecule has 0 radical (unpaired) electrons. The number of pyridine rings is 1. The van der Waals surface area contributed by atoms with Gasteiger partial charge in [-0.2, -0.15) is 4.98 Å². The minimum atomic E-state index is -0.523. The third-order valence-corrected chi connectivity index (χ3v) is 3.02. The van der Waals surface area contributed by atoms with E-state index in [0.29, 0.717) is 33.7 Å². The van der Waals surface area contributed by atoms with Crippen LogP contribution in [-0.4, -0.2) is 21.1 Å². The molecular weight excluding hydrogens is 306 g/mol. The van der Waals surface area contributed by atoms with Crippen molar-refractivity contribution in [1.82, 2.24) is 15.1 Å². The Balaban J connectivity index is 1.81. The van der Waals surface area contributed by atoms with Crippen LogP contribution in [-0.2, 0) is 0 Å². The first-order valence-electron chi connectivity index (χ1n) is 6.36. The molecule has 1 aromatic carbocycles. The van der Waals surface area contributed by atoms with Crippen LogP contribution in [0.2, 0.25) is 5.15 Å². The van der Waals surface area contributed by atoms with Crippen LogP contribution in [0.1, 0.15) is 16.2 Å². The van der Waals surface area contributed by atoms with Crippen molar-refractivity contribution >= 4 is 17.6 Å². The molecule has 3 rings (SSSR count). The Bertz CT molecular complexity index is 815. The minimum absolute atomic E-state index is 0.310. The summed E-state index contributed by atoms with van der Waals surface area (Å²) in [4.78, 5) is 20.0. The van der Waals surface area contributed by atoms with E-state index in [-0.39, 0.29) is 0 Å². The lowest BCUT2D eigenvalue weighted by Gasteiger charge is -2.05. The number of ether oxygens (including phenoxy) is 1. The van der Waals surface area contributed by atoms with Gasteiger partial charge >= 0.3 is 5.97 Å². The van der Waals surface area contributed by atoms with Gasteiger partial charge in [-0.15, -0.1) is 0 Å². The summed E-state index contributed by atoms with van der Waals surface area (Å²) in [7, 11) is 0. The van der Waals surface area contributed by atoms with Gasteiger partial charge in [0.2, 0.25) is 11.7 Å². The topological polar surface area (TPSA) is 78.1 Å². The van der Waals surface area contributed by atoms with E-state index in [2.05, 4.69) is 15.1 Å². The van der Waals surface area contributed by atoms with Crippen LogP contribution in [0, 0.1) is 6.92 Å². The normalized spacial score (nSPS) is 10.5. The van der Waals surface area contributed by atoms with Crippen molar-refractivity contribution in [2.45, 2.75) is 6.92 Å². The second-order valence-corrected chi connectivity index (χ2v) is 4.81. The molecule has 0 unspecified atom stereocenters. The smallest absolute Gasteiger partial charge is 0.345 e. The maximum absolute atomic E-state index is 12.0. The fourth-order valence-electron chi connectivity index (χ4n) is 1.78. The molecule has 0 bridgehead atoms. The highest BCUT2D eigenvalue weighted by Gasteiger charge is 2.11. The quantitative estimate of drug-likeness (QED) is 0.419. The number of carbonyl (C=O) groups excluding carboxylic acids is 1. The van der Waals surface area contributed by atoms with Gasteiger partial charge in [-0.25, -0.2) is 9.78 Å². The first kappa shape index (κ1) is 14.2. The second kappa shape index (κ2) is 5.95. The molecule has 0 spiro atoms. The molecule has 0 amide bonds. The number of halogens is 1. The zero-order chi connectivity index (χ0) is 15.5. The average molecular weight is 316 g/mol. The van der Waals surface area contributed by atoms with E-state index in [9.17, 15) is 4.79 Å². The molecule has 22 heavy (non-hydrogen) atoms. The van der Waals surface area contributed by atoms with Crippen LogP contribution in [0.25, 0.3) is 11.4 Å². The molecule has 7 heteroatoms. The minimum Gasteiger partial charge on any atom is -0.423 e. The highest BCUT2D eigenvalue weighted by molar-refractivity contribution is 6.29. The van der Waals surface area contributed by atoms with Gasteiger partial charge in [0.15, 0.2) is 0 Å². The third kappa shape index (κ3) is 3.12. The number of nitrogens with zero attached hydrogens (tertiary/aromatic N) is 3. The van der Waals surface area contributed by atoms with Gasteiger partial charge in [0, 0.05) is 18.7 Å². The van der Waals surface area contributed by atoms with Crippen LogP contribution in [0.3, 0.4) is 0 Å². The first-order valence-corrected chi connectivity index (χ1v) is 6.74. The highest BCUT2D eigenvalue weighted by atomic mass is 35.5. The Kier molecular flexibility index (Phi) is 3.84. The average Bonchev–Trinajstić information content (AvgIpc) is 2.95. The summed E-state index contributed by atoms with van der Waals surface area (Å²) < 4.78 is 10.2. The van der Waals surface area contributed by atoms with Gasteiger partial charge in [-0.05, 0) is 24.3 Å². The predicted molar refractivity (Wildman–Crippen MR) is 78.7 cm³/mol. The molecule has 0 N–H and O–H groups in total. The summed E-state index contributed by atoms with van der Waals surface area (Å²) in [6.45, 7) is 1.70. The molecule has 2 aromatic heterocycles. The maximum Gasteiger partial charge on any atom is 0.345 e. The summed E-state index contributed by atoms with van der Waals surface area (Å²) in [6, 6.07) is 9.93. The molecule has 3 aromatic rings. The zero-order valence-corrected chi connectivity index (χ0v) is 12.2. The lowest BCUT2D eigenvalue weighted by atomic mass is 10.2. The standard InChI is InChI=1S/C15H10ClN3O3/c1-9-18-14(19-22-9)10-3-2-4-12(7-10)21-15(20)11-5-6-13(16)17-8-11/h2-8H,1H3. The zero-order valence-electron chi connectivity index (χ0n) is 11.5. The van der Waals surface area contributed by atoms with Crippen LogP contribution in [0.15, 0.2) is 47.1 Å².